The number of methoxy groups -OCH3 is 2. The van der Waals surface area contributed by atoms with Crippen molar-refractivity contribution in [3.8, 4) is 11.5 Å². The van der Waals surface area contributed by atoms with Gasteiger partial charge in [0, 0.05) is 13.1 Å². The van der Waals surface area contributed by atoms with Crippen LogP contribution < -0.4 is 9.47 Å². The number of amides is 1. The first-order chi connectivity index (χ1) is 12.5. The van der Waals surface area contributed by atoms with Crippen LogP contribution in [0, 0.1) is 0 Å². The Bertz CT molecular complexity index is 815. The summed E-state index contributed by atoms with van der Waals surface area (Å²) in [5, 5.41) is 9.05. The van der Waals surface area contributed by atoms with E-state index < -0.39 is 5.97 Å². The first-order valence-corrected chi connectivity index (χ1v) is 8.27. The van der Waals surface area contributed by atoms with Crippen molar-refractivity contribution < 1.29 is 24.2 Å². The molecule has 26 heavy (non-hydrogen) atoms. The van der Waals surface area contributed by atoms with Crippen LogP contribution in [0.2, 0.25) is 0 Å². The second-order valence-electron chi connectivity index (χ2n) is 5.98. The van der Waals surface area contributed by atoms with Crippen LogP contribution in [-0.2, 0) is 12.8 Å². The van der Waals surface area contributed by atoms with Crippen molar-refractivity contribution in [2.45, 2.75) is 12.8 Å². The molecule has 1 aromatic heterocycles. The molecule has 3 rings (SSSR count). The smallest absolute Gasteiger partial charge is 0.354 e. The van der Waals surface area contributed by atoms with Gasteiger partial charge in [-0.2, -0.15) is 0 Å². The van der Waals surface area contributed by atoms with Gasteiger partial charge >= 0.3 is 5.97 Å². The number of nitrogens with zero attached hydrogens (tertiary/aromatic N) is 2. The van der Waals surface area contributed by atoms with E-state index in [9.17, 15) is 9.59 Å². The Kier molecular flexibility index (Phi) is 5.06. The molecule has 0 spiro atoms. The maximum atomic E-state index is 12.7. The van der Waals surface area contributed by atoms with Gasteiger partial charge in [-0.3, -0.25) is 4.79 Å². The van der Waals surface area contributed by atoms with Crippen molar-refractivity contribution in [3.63, 3.8) is 0 Å². The predicted octanol–water partition coefficient (Wildman–Crippen LogP) is 2.04. The molecule has 1 aliphatic heterocycles. The van der Waals surface area contributed by atoms with Crippen LogP contribution in [0.3, 0.4) is 0 Å². The molecule has 2 heterocycles. The lowest BCUT2D eigenvalue weighted by Crippen LogP contribution is -2.34. The zero-order chi connectivity index (χ0) is 18.7. The van der Waals surface area contributed by atoms with Gasteiger partial charge in [-0.1, -0.05) is 6.07 Å². The number of hydrogen-bond acceptors (Lipinski definition) is 5. The van der Waals surface area contributed by atoms with Crippen LogP contribution >= 0.6 is 0 Å². The Balaban J connectivity index is 1.81. The summed E-state index contributed by atoms with van der Waals surface area (Å²) in [5.41, 5.74) is 2.24. The number of carbonyl (C=O) groups is 2. The molecule has 0 aliphatic carbocycles. The Hall–Kier alpha value is -3.09. The summed E-state index contributed by atoms with van der Waals surface area (Å²) in [6.07, 6.45) is 1.36. The van der Waals surface area contributed by atoms with Gasteiger partial charge in [0.1, 0.15) is 11.4 Å². The summed E-state index contributed by atoms with van der Waals surface area (Å²) in [4.78, 5) is 29.5. The van der Waals surface area contributed by atoms with E-state index >= 15 is 0 Å². The molecule has 136 valence electrons. The highest BCUT2D eigenvalue weighted by Crippen LogP contribution is 2.32. The van der Waals surface area contributed by atoms with Crippen molar-refractivity contribution in [2.24, 2.45) is 0 Å². The van der Waals surface area contributed by atoms with Gasteiger partial charge < -0.3 is 19.5 Å². The molecule has 0 fully saturated rings. The molecule has 0 bridgehead atoms. The van der Waals surface area contributed by atoms with Gasteiger partial charge in [-0.15, -0.1) is 0 Å². The standard InChI is InChI=1S/C19H20N2O5/c1-25-16-10-12-6-8-21(9-7-13(12)11-17(16)26-2)18(22)14-4-3-5-15(20-14)19(23)24/h3-5,10-11H,6-9H2,1-2H3,(H,23,24). The monoisotopic (exact) mass is 356 g/mol. The number of carbonyl (C=O) groups excluding carboxylic acids is 1. The molecule has 1 aromatic carbocycles. The number of ether oxygens (including phenoxy) is 2. The molecule has 0 unspecified atom stereocenters. The minimum absolute atomic E-state index is 0.136. The van der Waals surface area contributed by atoms with Crippen LogP contribution in [-0.4, -0.2) is 54.2 Å². The van der Waals surface area contributed by atoms with Gasteiger partial charge in [0.2, 0.25) is 0 Å². The van der Waals surface area contributed by atoms with Gasteiger partial charge in [0.25, 0.3) is 5.91 Å². The molecular formula is C19H20N2O5. The molecule has 7 nitrogen and oxygen atoms in total. The molecule has 1 aliphatic rings. The van der Waals surface area contributed by atoms with Crippen molar-refractivity contribution in [1.82, 2.24) is 9.88 Å². The summed E-state index contributed by atoms with van der Waals surface area (Å²) in [6, 6.07) is 8.34. The molecule has 0 atom stereocenters. The van der Waals surface area contributed by atoms with E-state index in [0.29, 0.717) is 37.4 Å². The van der Waals surface area contributed by atoms with Crippen molar-refractivity contribution >= 4 is 11.9 Å². The Labute approximate surface area is 151 Å². The fourth-order valence-corrected chi connectivity index (χ4v) is 3.09. The van der Waals surface area contributed by atoms with E-state index in [2.05, 4.69) is 4.98 Å². The Morgan fingerprint density at radius 2 is 1.54 bits per heavy atom. The third kappa shape index (κ3) is 3.46. The first-order valence-electron chi connectivity index (χ1n) is 8.27. The topological polar surface area (TPSA) is 89.0 Å². The molecule has 2 aromatic rings. The fourth-order valence-electron chi connectivity index (χ4n) is 3.09. The summed E-state index contributed by atoms with van der Waals surface area (Å²) in [5.74, 6) is -0.0781. The maximum absolute atomic E-state index is 12.7. The number of benzene rings is 1. The second-order valence-corrected chi connectivity index (χ2v) is 5.98. The normalized spacial score (nSPS) is 13.5. The minimum Gasteiger partial charge on any atom is -0.493 e. The van der Waals surface area contributed by atoms with Gasteiger partial charge in [-0.25, -0.2) is 9.78 Å². The van der Waals surface area contributed by atoms with Crippen LogP contribution in [0.25, 0.3) is 0 Å². The average Bonchev–Trinajstić information content (AvgIpc) is 2.88. The largest absolute Gasteiger partial charge is 0.493 e. The average molecular weight is 356 g/mol. The molecule has 1 amide bonds. The number of carboxylic acids is 1. The van der Waals surface area contributed by atoms with Crippen molar-refractivity contribution in [2.75, 3.05) is 27.3 Å². The molecule has 0 radical (unpaired) electrons. The molecular weight excluding hydrogens is 336 g/mol. The van der Waals surface area contributed by atoms with Crippen molar-refractivity contribution in [1.29, 1.82) is 0 Å². The number of rotatable bonds is 4. The Morgan fingerprint density at radius 3 is 2.04 bits per heavy atom. The minimum atomic E-state index is -1.15. The van der Waals surface area contributed by atoms with E-state index in [1.165, 1.54) is 12.1 Å². The highest BCUT2D eigenvalue weighted by molar-refractivity contribution is 5.94. The summed E-state index contributed by atoms with van der Waals surface area (Å²) < 4.78 is 10.7. The SMILES string of the molecule is COc1cc2c(cc1OC)CCN(C(=O)c1cccc(C(=O)O)n1)CC2. The predicted molar refractivity (Wildman–Crippen MR) is 94.1 cm³/mol. The molecule has 0 saturated carbocycles. The number of hydrogen-bond donors (Lipinski definition) is 1. The zero-order valence-corrected chi connectivity index (χ0v) is 14.7. The first kappa shape index (κ1) is 17.7. The maximum Gasteiger partial charge on any atom is 0.354 e. The third-order valence-corrected chi connectivity index (χ3v) is 4.48. The summed E-state index contributed by atoms with van der Waals surface area (Å²) in [6.45, 7) is 1.06. The number of aromatic nitrogens is 1. The Morgan fingerprint density at radius 1 is 1.00 bits per heavy atom. The van der Waals surface area contributed by atoms with Crippen LogP contribution in [0.5, 0.6) is 11.5 Å². The summed E-state index contributed by atoms with van der Waals surface area (Å²) >= 11 is 0. The van der Waals surface area contributed by atoms with Gasteiger partial charge in [-0.05, 0) is 48.2 Å². The van der Waals surface area contributed by atoms with E-state index in [1.807, 2.05) is 12.1 Å². The van der Waals surface area contributed by atoms with E-state index in [-0.39, 0.29) is 17.3 Å². The second kappa shape index (κ2) is 7.43. The molecule has 7 heteroatoms. The highest BCUT2D eigenvalue weighted by Gasteiger charge is 2.23. The highest BCUT2D eigenvalue weighted by atomic mass is 16.5. The van der Waals surface area contributed by atoms with E-state index in [4.69, 9.17) is 14.6 Å². The van der Waals surface area contributed by atoms with Crippen LogP contribution in [0.15, 0.2) is 30.3 Å². The lowest BCUT2D eigenvalue weighted by atomic mass is 10.0. The van der Waals surface area contributed by atoms with Crippen LogP contribution in [0.4, 0.5) is 0 Å². The van der Waals surface area contributed by atoms with Gasteiger partial charge in [0.15, 0.2) is 11.5 Å². The number of aromatic carboxylic acids is 1. The van der Waals surface area contributed by atoms with E-state index in [1.54, 1.807) is 25.2 Å². The molecule has 1 N–H and O–H groups in total. The molecule has 0 saturated heterocycles. The zero-order valence-electron chi connectivity index (χ0n) is 14.7. The third-order valence-electron chi connectivity index (χ3n) is 4.48. The lowest BCUT2D eigenvalue weighted by Gasteiger charge is -2.19. The number of pyridine rings is 1. The lowest BCUT2D eigenvalue weighted by molar-refractivity contribution is 0.0690. The quantitative estimate of drug-likeness (QED) is 0.902. The van der Waals surface area contributed by atoms with Crippen LogP contribution in [0.1, 0.15) is 32.1 Å². The van der Waals surface area contributed by atoms with E-state index in [0.717, 1.165) is 11.1 Å². The summed E-state index contributed by atoms with van der Waals surface area (Å²) in [7, 11) is 3.19. The number of carboxylic acid groups (broad SMARTS) is 1. The number of fused-ring (bicyclic) bond motifs is 1. The van der Waals surface area contributed by atoms with Crippen molar-refractivity contribution in [3.05, 3.63) is 52.8 Å². The van der Waals surface area contributed by atoms with Gasteiger partial charge in [0.05, 0.1) is 14.2 Å². The fraction of sp³-hybridized carbons (Fsp3) is 0.316.